The number of benzene rings is 1. The van der Waals surface area contributed by atoms with E-state index in [0.717, 1.165) is 5.56 Å². The quantitative estimate of drug-likeness (QED) is 0.746. The fraction of sp³-hybridized carbons (Fsp3) is 0.429. The van der Waals surface area contributed by atoms with Gasteiger partial charge in [0.15, 0.2) is 0 Å². The molecule has 0 radical (unpaired) electrons. The van der Waals surface area contributed by atoms with Gasteiger partial charge in [0, 0.05) is 36.8 Å². The topological polar surface area (TPSA) is 71.6 Å². The molecule has 1 saturated heterocycles. The highest BCUT2D eigenvalue weighted by atomic mass is 35.5. The number of aromatic nitrogens is 2. The standard InChI is InChI=1S/C14H17ClN4O3S2/c1-24(20,21)18-8-6-17(7-9-18)10-19-14(23)22-13(16-19)11-2-4-12(15)5-3-11/h2-5H,6-10H2,1H3. The Bertz CT molecular complexity index is 868. The summed E-state index contributed by atoms with van der Waals surface area (Å²) in [6, 6.07) is 7.16. The van der Waals surface area contributed by atoms with E-state index in [1.165, 1.54) is 10.6 Å². The molecule has 24 heavy (non-hydrogen) atoms. The molecule has 130 valence electrons. The van der Waals surface area contributed by atoms with Gasteiger partial charge < -0.3 is 4.42 Å². The largest absolute Gasteiger partial charge is 0.409 e. The number of rotatable bonds is 4. The first-order valence-corrected chi connectivity index (χ1v) is 9.98. The van der Waals surface area contributed by atoms with Crippen LogP contribution in [0.4, 0.5) is 0 Å². The zero-order valence-electron chi connectivity index (χ0n) is 13.1. The predicted molar refractivity (Wildman–Crippen MR) is 93.8 cm³/mol. The second-order valence-corrected chi connectivity index (χ2v) is 8.37. The highest BCUT2D eigenvalue weighted by molar-refractivity contribution is 7.88. The average molecular weight is 389 g/mol. The van der Waals surface area contributed by atoms with Gasteiger partial charge in [0.2, 0.25) is 15.9 Å². The van der Waals surface area contributed by atoms with Crippen LogP contribution in [0.5, 0.6) is 0 Å². The maximum Gasteiger partial charge on any atom is 0.288 e. The summed E-state index contributed by atoms with van der Waals surface area (Å²) in [4.78, 5) is 2.37. The van der Waals surface area contributed by atoms with Gasteiger partial charge in [0.05, 0.1) is 12.9 Å². The molecule has 7 nitrogen and oxygen atoms in total. The molecule has 0 atom stereocenters. The molecule has 2 aromatic rings. The van der Waals surface area contributed by atoms with Gasteiger partial charge in [-0.15, -0.1) is 5.10 Å². The first kappa shape index (κ1) is 17.6. The Kier molecular flexibility index (Phi) is 5.07. The highest BCUT2D eigenvalue weighted by Crippen LogP contribution is 2.20. The van der Waals surface area contributed by atoms with Gasteiger partial charge in [-0.1, -0.05) is 11.6 Å². The Hall–Kier alpha value is -1.26. The van der Waals surface area contributed by atoms with E-state index in [2.05, 4.69) is 10.00 Å². The average Bonchev–Trinajstić information content (AvgIpc) is 2.89. The summed E-state index contributed by atoms with van der Waals surface area (Å²) in [7, 11) is -3.13. The van der Waals surface area contributed by atoms with Crippen molar-refractivity contribution in [1.82, 2.24) is 19.0 Å². The first-order valence-electron chi connectivity index (χ1n) is 7.34. The summed E-state index contributed by atoms with van der Waals surface area (Å²) >= 11 is 11.1. The zero-order chi connectivity index (χ0) is 17.3. The monoisotopic (exact) mass is 388 g/mol. The van der Waals surface area contributed by atoms with Crippen molar-refractivity contribution in [2.24, 2.45) is 0 Å². The summed E-state index contributed by atoms with van der Waals surface area (Å²) < 4.78 is 31.7. The van der Waals surface area contributed by atoms with E-state index in [1.54, 1.807) is 16.8 Å². The molecule has 0 aliphatic carbocycles. The van der Waals surface area contributed by atoms with Crippen molar-refractivity contribution in [3.05, 3.63) is 34.1 Å². The van der Waals surface area contributed by atoms with Gasteiger partial charge >= 0.3 is 0 Å². The van der Waals surface area contributed by atoms with Gasteiger partial charge in [0.1, 0.15) is 0 Å². The normalized spacial score (nSPS) is 17.2. The fourth-order valence-corrected chi connectivity index (χ4v) is 3.63. The molecule has 1 aliphatic heterocycles. The molecule has 2 heterocycles. The second-order valence-electron chi connectivity index (χ2n) is 5.60. The third-order valence-corrected chi connectivity index (χ3v) is 5.68. The van der Waals surface area contributed by atoms with Crippen LogP contribution in [-0.4, -0.2) is 59.8 Å². The van der Waals surface area contributed by atoms with Crippen LogP contribution >= 0.6 is 23.8 Å². The van der Waals surface area contributed by atoms with Crippen molar-refractivity contribution in [2.45, 2.75) is 6.67 Å². The smallest absolute Gasteiger partial charge is 0.288 e. The maximum absolute atomic E-state index is 11.5. The molecular formula is C14H17ClN4O3S2. The van der Waals surface area contributed by atoms with Crippen molar-refractivity contribution >= 4 is 33.8 Å². The number of halogens is 1. The molecule has 1 aromatic carbocycles. The Balaban J connectivity index is 1.69. The molecule has 10 heteroatoms. The van der Waals surface area contributed by atoms with E-state index in [9.17, 15) is 8.42 Å². The number of hydrogen-bond acceptors (Lipinski definition) is 6. The SMILES string of the molecule is CS(=O)(=O)N1CCN(Cn2nc(-c3ccc(Cl)cc3)oc2=S)CC1. The molecule has 0 spiro atoms. The van der Waals surface area contributed by atoms with Crippen LogP contribution in [-0.2, 0) is 16.7 Å². The van der Waals surface area contributed by atoms with Gasteiger partial charge in [-0.25, -0.2) is 13.1 Å². The lowest BCUT2D eigenvalue weighted by molar-refractivity contribution is 0.144. The minimum absolute atomic E-state index is 0.283. The summed E-state index contributed by atoms with van der Waals surface area (Å²) in [6.45, 7) is 2.64. The third kappa shape index (κ3) is 4.04. The summed E-state index contributed by atoms with van der Waals surface area (Å²) in [5.74, 6) is 0.437. The zero-order valence-corrected chi connectivity index (χ0v) is 15.4. The molecule has 1 fully saturated rings. The number of sulfonamides is 1. The van der Waals surface area contributed by atoms with Crippen molar-refractivity contribution in [3.8, 4) is 11.5 Å². The van der Waals surface area contributed by atoms with Crippen molar-refractivity contribution in [3.63, 3.8) is 0 Å². The Morgan fingerprint density at radius 2 is 1.83 bits per heavy atom. The summed E-state index contributed by atoms with van der Waals surface area (Å²) in [5, 5.41) is 5.04. The number of nitrogens with zero attached hydrogens (tertiary/aromatic N) is 4. The molecule has 0 unspecified atom stereocenters. The maximum atomic E-state index is 11.5. The summed E-state index contributed by atoms with van der Waals surface area (Å²) in [6.07, 6.45) is 1.23. The van der Waals surface area contributed by atoms with E-state index >= 15 is 0 Å². The van der Waals surface area contributed by atoms with Crippen LogP contribution in [0.15, 0.2) is 28.7 Å². The van der Waals surface area contributed by atoms with E-state index in [1.807, 2.05) is 12.1 Å². The number of hydrogen-bond donors (Lipinski definition) is 0. The Morgan fingerprint density at radius 3 is 2.42 bits per heavy atom. The van der Waals surface area contributed by atoms with Crippen LogP contribution in [0.1, 0.15) is 0 Å². The van der Waals surface area contributed by atoms with Crippen molar-refractivity contribution < 1.29 is 12.8 Å². The lowest BCUT2D eigenvalue weighted by Crippen LogP contribution is -2.48. The summed E-state index contributed by atoms with van der Waals surface area (Å²) in [5.41, 5.74) is 0.797. The lowest BCUT2D eigenvalue weighted by Gasteiger charge is -2.32. The molecule has 0 bridgehead atoms. The van der Waals surface area contributed by atoms with Crippen LogP contribution < -0.4 is 0 Å². The van der Waals surface area contributed by atoms with Crippen LogP contribution in [0.2, 0.25) is 5.02 Å². The Morgan fingerprint density at radius 1 is 1.21 bits per heavy atom. The third-order valence-electron chi connectivity index (χ3n) is 3.83. The molecule has 3 rings (SSSR count). The molecule has 0 N–H and O–H groups in total. The van der Waals surface area contributed by atoms with E-state index < -0.39 is 10.0 Å². The molecule has 0 amide bonds. The highest BCUT2D eigenvalue weighted by Gasteiger charge is 2.24. The number of piperazine rings is 1. The van der Waals surface area contributed by atoms with E-state index in [4.69, 9.17) is 28.2 Å². The van der Waals surface area contributed by atoms with Crippen molar-refractivity contribution in [2.75, 3.05) is 32.4 Å². The van der Waals surface area contributed by atoms with Gasteiger partial charge in [0.25, 0.3) is 4.84 Å². The van der Waals surface area contributed by atoms with Crippen LogP contribution in [0.25, 0.3) is 11.5 Å². The Labute approximate surface area is 150 Å². The predicted octanol–water partition coefficient (Wildman–Crippen LogP) is 2.06. The first-order chi connectivity index (χ1) is 11.3. The minimum atomic E-state index is -3.13. The molecule has 1 aliphatic rings. The van der Waals surface area contributed by atoms with Gasteiger partial charge in [-0.2, -0.15) is 4.31 Å². The molecule has 0 saturated carbocycles. The van der Waals surface area contributed by atoms with Crippen molar-refractivity contribution in [1.29, 1.82) is 0 Å². The second kappa shape index (κ2) is 6.93. The molecule has 1 aromatic heterocycles. The van der Waals surface area contributed by atoms with Crippen LogP contribution in [0, 0.1) is 4.84 Å². The minimum Gasteiger partial charge on any atom is -0.409 e. The fourth-order valence-electron chi connectivity index (χ4n) is 2.50. The van der Waals surface area contributed by atoms with Crippen LogP contribution in [0.3, 0.4) is 0 Å². The van der Waals surface area contributed by atoms with E-state index in [0.29, 0.717) is 43.8 Å². The van der Waals surface area contributed by atoms with Gasteiger partial charge in [-0.05, 0) is 36.5 Å². The van der Waals surface area contributed by atoms with Gasteiger partial charge in [-0.3, -0.25) is 4.90 Å². The van der Waals surface area contributed by atoms with E-state index in [-0.39, 0.29) is 4.84 Å². The lowest BCUT2D eigenvalue weighted by atomic mass is 10.2. The molecular weight excluding hydrogens is 372 g/mol.